The fourth-order valence-corrected chi connectivity index (χ4v) is 4.18. The summed E-state index contributed by atoms with van der Waals surface area (Å²) in [5.41, 5.74) is 6.11. The van der Waals surface area contributed by atoms with Gasteiger partial charge in [-0.05, 0) is 80.6 Å². The topological polar surface area (TPSA) is 60.3 Å². The number of benzene rings is 2. The summed E-state index contributed by atoms with van der Waals surface area (Å²) >= 11 is 0. The van der Waals surface area contributed by atoms with Crippen molar-refractivity contribution in [3.05, 3.63) is 88.7 Å². The number of amides is 1. The van der Waals surface area contributed by atoms with Crippen LogP contribution in [0.3, 0.4) is 0 Å². The summed E-state index contributed by atoms with van der Waals surface area (Å²) < 4.78 is 7.36. The Hall–Kier alpha value is -3.34. The molecule has 0 unspecified atom stereocenters. The standard InChI is InChI=1S/C25H26N2O3/c1-17-10-11-18(2)27(17)21-14-12-20(13-15-21)25(29)30-16-24(28)26-23-9-5-7-19-6-3-4-8-22(19)23/h3-4,6,8,10-15,23H,5,7,9,16H2,1-2H3,(H,26,28)/t23-/m0/s1. The average Bonchev–Trinajstić information content (AvgIpc) is 3.10. The van der Waals surface area contributed by atoms with Gasteiger partial charge < -0.3 is 14.6 Å². The number of aromatic nitrogens is 1. The van der Waals surface area contributed by atoms with E-state index in [0.717, 1.165) is 41.9 Å². The van der Waals surface area contributed by atoms with E-state index in [-0.39, 0.29) is 18.6 Å². The number of fused-ring (bicyclic) bond motifs is 1. The van der Waals surface area contributed by atoms with Crippen molar-refractivity contribution in [3.63, 3.8) is 0 Å². The zero-order chi connectivity index (χ0) is 21.1. The molecule has 0 saturated heterocycles. The van der Waals surface area contributed by atoms with Gasteiger partial charge in [-0.1, -0.05) is 24.3 Å². The monoisotopic (exact) mass is 402 g/mol. The summed E-state index contributed by atoms with van der Waals surface area (Å²) in [5, 5.41) is 3.00. The van der Waals surface area contributed by atoms with Crippen molar-refractivity contribution in [3.8, 4) is 5.69 Å². The number of hydrogen-bond acceptors (Lipinski definition) is 3. The van der Waals surface area contributed by atoms with Crippen LogP contribution < -0.4 is 5.32 Å². The molecule has 2 aromatic carbocycles. The molecule has 0 bridgehead atoms. The summed E-state index contributed by atoms with van der Waals surface area (Å²) in [6, 6.07) is 19.5. The minimum atomic E-state index is -0.498. The van der Waals surface area contributed by atoms with Crippen LogP contribution in [0.1, 0.15) is 51.8 Å². The maximum absolute atomic E-state index is 12.4. The molecule has 1 atom stereocenters. The van der Waals surface area contributed by atoms with Gasteiger partial charge in [0, 0.05) is 17.1 Å². The Bertz CT molecular complexity index is 1050. The lowest BCUT2D eigenvalue weighted by molar-refractivity contribution is -0.125. The smallest absolute Gasteiger partial charge is 0.338 e. The van der Waals surface area contributed by atoms with Gasteiger partial charge in [-0.25, -0.2) is 4.79 Å². The molecule has 1 aromatic heterocycles. The van der Waals surface area contributed by atoms with E-state index in [2.05, 4.69) is 34.1 Å². The first-order valence-electron chi connectivity index (χ1n) is 10.3. The third kappa shape index (κ3) is 4.15. The van der Waals surface area contributed by atoms with Gasteiger partial charge >= 0.3 is 5.97 Å². The lowest BCUT2D eigenvalue weighted by Crippen LogP contribution is -2.34. The van der Waals surface area contributed by atoms with Crippen molar-refractivity contribution in [2.24, 2.45) is 0 Å². The van der Waals surface area contributed by atoms with E-state index in [0.29, 0.717) is 5.56 Å². The molecule has 0 radical (unpaired) electrons. The van der Waals surface area contributed by atoms with Gasteiger partial charge in [0.25, 0.3) is 5.91 Å². The number of aryl methyl sites for hydroxylation is 3. The van der Waals surface area contributed by atoms with E-state index < -0.39 is 5.97 Å². The van der Waals surface area contributed by atoms with Crippen LogP contribution in [0.2, 0.25) is 0 Å². The molecular formula is C25H26N2O3. The second kappa shape index (κ2) is 8.57. The summed E-state index contributed by atoms with van der Waals surface area (Å²) in [6.07, 6.45) is 2.97. The fourth-order valence-electron chi connectivity index (χ4n) is 4.18. The minimum absolute atomic E-state index is 0.0199. The number of carbonyl (C=O) groups excluding carboxylic acids is 2. The number of esters is 1. The van der Waals surface area contributed by atoms with Crippen LogP contribution in [-0.4, -0.2) is 23.1 Å². The Kier molecular flexibility index (Phi) is 5.70. The highest BCUT2D eigenvalue weighted by molar-refractivity contribution is 5.91. The van der Waals surface area contributed by atoms with Crippen LogP contribution in [0.25, 0.3) is 5.69 Å². The fraction of sp³-hybridized carbons (Fsp3) is 0.280. The number of carbonyl (C=O) groups is 2. The Balaban J connectivity index is 1.34. The van der Waals surface area contributed by atoms with Gasteiger partial charge in [0.15, 0.2) is 6.61 Å². The van der Waals surface area contributed by atoms with E-state index in [1.165, 1.54) is 5.56 Å². The second-order valence-electron chi connectivity index (χ2n) is 7.79. The summed E-state index contributed by atoms with van der Waals surface area (Å²) in [4.78, 5) is 24.7. The van der Waals surface area contributed by atoms with Crippen molar-refractivity contribution in [1.82, 2.24) is 9.88 Å². The van der Waals surface area contributed by atoms with Crippen molar-refractivity contribution in [2.45, 2.75) is 39.2 Å². The van der Waals surface area contributed by atoms with Gasteiger partial charge in [-0.15, -0.1) is 0 Å². The lowest BCUT2D eigenvalue weighted by atomic mass is 9.88. The molecule has 1 aliphatic carbocycles. The first-order valence-corrected chi connectivity index (χ1v) is 10.3. The molecule has 0 spiro atoms. The average molecular weight is 402 g/mol. The van der Waals surface area contributed by atoms with Gasteiger partial charge in [0.1, 0.15) is 0 Å². The number of hydrogen-bond donors (Lipinski definition) is 1. The number of ether oxygens (including phenoxy) is 1. The summed E-state index contributed by atoms with van der Waals surface area (Å²) in [6.45, 7) is 3.80. The molecule has 0 aliphatic heterocycles. The lowest BCUT2D eigenvalue weighted by Gasteiger charge is -2.26. The zero-order valence-electron chi connectivity index (χ0n) is 17.4. The SMILES string of the molecule is Cc1ccc(C)n1-c1ccc(C(=O)OCC(=O)N[C@H]2CCCc3ccccc32)cc1. The van der Waals surface area contributed by atoms with Crippen LogP contribution >= 0.6 is 0 Å². The van der Waals surface area contributed by atoms with Crippen LogP contribution in [0.5, 0.6) is 0 Å². The molecule has 5 heteroatoms. The Morgan fingerprint density at radius 1 is 1.00 bits per heavy atom. The van der Waals surface area contributed by atoms with E-state index in [1.807, 2.05) is 38.1 Å². The molecule has 1 amide bonds. The molecule has 0 saturated carbocycles. The van der Waals surface area contributed by atoms with Gasteiger partial charge in [-0.3, -0.25) is 4.79 Å². The Morgan fingerprint density at radius 3 is 2.43 bits per heavy atom. The van der Waals surface area contributed by atoms with Crippen molar-refractivity contribution in [2.75, 3.05) is 6.61 Å². The van der Waals surface area contributed by atoms with Crippen molar-refractivity contribution < 1.29 is 14.3 Å². The highest BCUT2D eigenvalue weighted by Crippen LogP contribution is 2.29. The van der Waals surface area contributed by atoms with Gasteiger partial charge in [-0.2, -0.15) is 0 Å². The van der Waals surface area contributed by atoms with Crippen molar-refractivity contribution >= 4 is 11.9 Å². The minimum Gasteiger partial charge on any atom is -0.452 e. The third-order valence-electron chi connectivity index (χ3n) is 5.67. The number of nitrogens with zero attached hydrogens (tertiary/aromatic N) is 1. The molecule has 1 N–H and O–H groups in total. The first-order chi connectivity index (χ1) is 14.5. The largest absolute Gasteiger partial charge is 0.452 e. The van der Waals surface area contributed by atoms with Gasteiger partial charge in [0.05, 0.1) is 11.6 Å². The highest BCUT2D eigenvalue weighted by Gasteiger charge is 2.22. The molecule has 1 heterocycles. The highest BCUT2D eigenvalue weighted by atomic mass is 16.5. The maximum Gasteiger partial charge on any atom is 0.338 e. The first kappa shape index (κ1) is 20.0. The molecule has 4 rings (SSSR count). The van der Waals surface area contributed by atoms with Crippen LogP contribution in [-0.2, 0) is 16.0 Å². The second-order valence-corrected chi connectivity index (χ2v) is 7.79. The molecule has 30 heavy (non-hydrogen) atoms. The van der Waals surface area contributed by atoms with Gasteiger partial charge in [0.2, 0.25) is 0 Å². The predicted octanol–water partition coefficient (Wildman–Crippen LogP) is 4.44. The Labute approximate surface area is 176 Å². The van der Waals surface area contributed by atoms with E-state index in [1.54, 1.807) is 12.1 Å². The van der Waals surface area contributed by atoms with E-state index >= 15 is 0 Å². The maximum atomic E-state index is 12.4. The van der Waals surface area contributed by atoms with Crippen LogP contribution in [0, 0.1) is 13.8 Å². The number of nitrogens with one attached hydrogen (secondary N) is 1. The molecule has 5 nitrogen and oxygen atoms in total. The van der Waals surface area contributed by atoms with Crippen LogP contribution in [0.4, 0.5) is 0 Å². The van der Waals surface area contributed by atoms with E-state index in [9.17, 15) is 9.59 Å². The normalized spacial score (nSPS) is 15.3. The summed E-state index contributed by atoms with van der Waals surface area (Å²) in [7, 11) is 0. The molecule has 3 aromatic rings. The van der Waals surface area contributed by atoms with E-state index in [4.69, 9.17) is 4.74 Å². The predicted molar refractivity (Wildman–Crippen MR) is 116 cm³/mol. The Morgan fingerprint density at radius 2 is 1.70 bits per heavy atom. The third-order valence-corrected chi connectivity index (χ3v) is 5.67. The number of rotatable bonds is 5. The molecule has 154 valence electrons. The molecular weight excluding hydrogens is 376 g/mol. The molecule has 1 aliphatic rings. The zero-order valence-corrected chi connectivity index (χ0v) is 17.4. The van der Waals surface area contributed by atoms with Crippen molar-refractivity contribution in [1.29, 1.82) is 0 Å². The summed E-state index contributed by atoms with van der Waals surface area (Å²) in [5.74, 6) is -0.776. The molecule has 0 fully saturated rings. The van der Waals surface area contributed by atoms with Crippen LogP contribution in [0.15, 0.2) is 60.7 Å². The quantitative estimate of drug-likeness (QED) is 0.642.